The summed E-state index contributed by atoms with van der Waals surface area (Å²) in [5.41, 5.74) is -1.33. The van der Waals surface area contributed by atoms with E-state index in [2.05, 4.69) is 0 Å². The molecule has 1 rings (SSSR count). The van der Waals surface area contributed by atoms with Crippen LogP contribution in [0.2, 0.25) is 0 Å². The number of rotatable bonds is 1. The number of ether oxygens (including phenoxy) is 1. The van der Waals surface area contributed by atoms with Crippen molar-refractivity contribution in [3.05, 3.63) is 6.61 Å². The molecule has 1 aliphatic rings. The monoisotopic (exact) mass is 147 g/mol. The first-order valence-electron chi connectivity index (χ1n) is 3.09. The Bertz CT molecular complexity index is 123. The SMILES string of the molecule is C[C@@]1(O)[CH]O[C@H](CO)[C@H]1O. The Morgan fingerprint density at radius 1 is 1.70 bits per heavy atom. The van der Waals surface area contributed by atoms with Crippen LogP contribution in [0.4, 0.5) is 0 Å². The molecule has 3 N–H and O–H groups in total. The fourth-order valence-electron chi connectivity index (χ4n) is 0.889. The highest BCUT2D eigenvalue weighted by Gasteiger charge is 2.44. The van der Waals surface area contributed by atoms with Gasteiger partial charge in [0.05, 0.1) is 6.61 Å². The maximum absolute atomic E-state index is 9.22. The summed E-state index contributed by atoms with van der Waals surface area (Å²) in [6, 6.07) is 0. The molecule has 0 amide bonds. The van der Waals surface area contributed by atoms with Gasteiger partial charge in [0.2, 0.25) is 0 Å². The number of hydrogen-bond donors (Lipinski definition) is 3. The third-order valence-corrected chi connectivity index (χ3v) is 1.61. The van der Waals surface area contributed by atoms with Gasteiger partial charge in [0, 0.05) is 0 Å². The Morgan fingerprint density at radius 3 is 2.50 bits per heavy atom. The summed E-state index contributed by atoms with van der Waals surface area (Å²) in [5, 5.41) is 26.9. The van der Waals surface area contributed by atoms with Gasteiger partial charge in [-0.05, 0) is 6.92 Å². The fourth-order valence-corrected chi connectivity index (χ4v) is 0.889. The van der Waals surface area contributed by atoms with Gasteiger partial charge in [0.25, 0.3) is 0 Å². The van der Waals surface area contributed by atoms with Crippen molar-refractivity contribution in [2.45, 2.75) is 24.7 Å². The minimum absolute atomic E-state index is 0.284. The number of hydrogen-bond acceptors (Lipinski definition) is 4. The molecule has 0 aliphatic carbocycles. The Labute approximate surface area is 59.1 Å². The summed E-state index contributed by atoms with van der Waals surface area (Å²) in [6.07, 6.45) is -1.72. The molecule has 1 aliphatic heterocycles. The van der Waals surface area contributed by atoms with Crippen LogP contribution in [-0.4, -0.2) is 39.7 Å². The molecule has 59 valence electrons. The zero-order valence-corrected chi connectivity index (χ0v) is 5.69. The van der Waals surface area contributed by atoms with E-state index < -0.39 is 17.8 Å². The van der Waals surface area contributed by atoms with E-state index in [9.17, 15) is 5.11 Å². The minimum Gasteiger partial charge on any atom is -0.394 e. The Kier molecular flexibility index (Phi) is 1.96. The molecule has 0 aromatic rings. The van der Waals surface area contributed by atoms with Crippen LogP contribution in [0.15, 0.2) is 0 Å². The fraction of sp³-hybridized carbons (Fsp3) is 0.833. The zero-order valence-electron chi connectivity index (χ0n) is 5.69. The molecular formula is C6H11O4. The molecular weight excluding hydrogens is 136 g/mol. The zero-order chi connectivity index (χ0) is 7.78. The first kappa shape index (κ1) is 7.94. The second-order valence-electron chi connectivity index (χ2n) is 2.65. The van der Waals surface area contributed by atoms with Gasteiger partial charge in [-0.1, -0.05) is 0 Å². The molecule has 0 aromatic carbocycles. The average molecular weight is 147 g/mol. The molecule has 4 nitrogen and oxygen atoms in total. The summed E-state index contributed by atoms with van der Waals surface area (Å²) in [4.78, 5) is 0. The van der Waals surface area contributed by atoms with Crippen LogP contribution in [0.3, 0.4) is 0 Å². The summed E-state index contributed by atoms with van der Waals surface area (Å²) in [7, 11) is 0. The van der Waals surface area contributed by atoms with E-state index >= 15 is 0 Å². The molecule has 0 aromatic heterocycles. The first-order valence-corrected chi connectivity index (χ1v) is 3.09. The van der Waals surface area contributed by atoms with Crippen LogP contribution in [0, 0.1) is 6.61 Å². The summed E-state index contributed by atoms with van der Waals surface area (Å²) >= 11 is 0. The lowest BCUT2D eigenvalue weighted by Gasteiger charge is -2.19. The van der Waals surface area contributed by atoms with Crippen molar-refractivity contribution in [3.8, 4) is 0 Å². The van der Waals surface area contributed by atoms with E-state index in [0.717, 1.165) is 6.61 Å². The van der Waals surface area contributed by atoms with Gasteiger partial charge in [-0.25, -0.2) is 0 Å². The van der Waals surface area contributed by atoms with Crippen LogP contribution in [-0.2, 0) is 4.74 Å². The van der Waals surface area contributed by atoms with Crippen LogP contribution in [0.25, 0.3) is 0 Å². The van der Waals surface area contributed by atoms with Crippen molar-refractivity contribution in [1.29, 1.82) is 0 Å². The molecule has 0 unspecified atom stereocenters. The van der Waals surface area contributed by atoms with Gasteiger partial charge in [-0.2, -0.15) is 0 Å². The lowest BCUT2D eigenvalue weighted by atomic mass is 10.00. The molecule has 4 heteroatoms. The normalized spacial score (nSPS) is 48.0. The average Bonchev–Trinajstić information content (AvgIpc) is 2.10. The molecule has 0 spiro atoms. The van der Waals surface area contributed by atoms with Crippen LogP contribution in [0.1, 0.15) is 6.92 Å². The second kappa shape index (κ2) is 2.47. The van der Waals surface area contributed by atoms with Gasteiger partial charge < -0.3 is 20.1 Å². The third-order valence-electron chi connectivity index (χ3n) is 1.61. The lowest BCUT2D eigenvalue weighted by Crippen LogP contribution is -2.40. The van der Waals surface area contributed by atoms with Crippen LogP contribution in [0.5, 0.6) is 0 Å². The predicted molar refractivity (Wildman–Crippen MR) is 32.9 cm³/mol. The van der Waals surface area contributed by atoms with Crippen molar-refractivity contribution >= 4 is 0 Å². The summed E-state index contributed by atoms with van der Waals surface area (Å²) in [5.74, 6) is 0. The Hall–Kier alpha value is -0.160. The molecule has 1 radical (unpaired) electrons. The number of aliphatic hydroxyl groups is 3. The predicted octanol–water partition coefficient (Wildman–Crippen LogP) is -1.35. The summed E-state index contributed by atoms with van der Waals surface area (Å²) < 4.78 is 4.75. The van der Waals surface area contributed by atoms with E-state index in [1.807, 2.05) is 0 Å². The molecule has 3 atom stereocenters. The van der Waals surface area contributed by atoms with Crippen molar-refractivity contribution in [2.24, 2.45) is 0 Å². The van der Waals surface area contributed by atoms with Gasteiger partial charge in [-0.3, -0.25) is 0 Å². The first-order chi connectivity index (χ1) is 4.58. The highest BCUT2D eigenvalue weighted by molar-refractivity contribution is 5.00. The van der Waals surface area contributed by atoms with E-state index in [-0.39, 0.29) is 6.61 Å². The Balaban J connectivity index is 2.58. The molecule has 1 heterocycles. The smallest absolute Gasteiger partial charge is 0.119 e. The van der Waals surface area contributed by atoms with Crippen molar-refractivity contribution in [2.75, 3.05) is 6.61 Å². The maximum atomic E-state index is 9.22. The van der Waals surface area contributed by atoms with Gasteiger partial charge in [-0.15, -0.1) is 0 Å². The van der Waals surface area contributed by atoms with Gasteiger partial charge in [0.15, 0.2) is 0 Å². The molecule has 0 bridgehead atoms. The lowest BCUT2D eigenvalue weighted by molar-refractivity contribution is -0.0407. The van der Waals surface area contributed by atoms with Gasteiger partial charge in [0.1, 0.15) is 24.4 Å². The van der Waals surface area contributed by atoms with E-state index in [1.54, 1.807) is 0 Å². The van der Waals surface area contributed by atoms with Crippen molar-refractivity contribution in [3.63, 3.8) is 0 Å². The molecule has 0 saturated carbocycles. The minimum atomic E-state index is -1.33. The third kappa shape index (κ3) is 1.15. The van der Waals surface area contributed by atoms with Crippen LogP contribution >= 0.6 is 0 Å². The topological polar surface area (TPSA) is 69.9 Å². The Morgan fingerprint density at radius 2 is 2.30 bits per heavy atom. The van der Waals surface area contributed by atoms with Gasteiger partial charge >= 0.3 is 0 Å². The summed E-state index contributed by atoms with van der Waals surface area (Å²) in [6.45, 7) is 2.28. The van der Waals surface area contributed by atoms with Crippen molar-refractivity contribution in [1.82, 2.24) is 0 Å². The van der Waals surface area contributed by atoms with E-state index in [4.69, 9.17) is 14.9 Å². The number of aliphatic hydroxyl groups excluding tert-OH is 2. The molecule has 1 saturated heterocycles. The maximum Gasteiger partial charge on any atom is 0.119 e. The highest BCUT2D eigenvalue weighted by Crippen LogP contribution is 2.27. The van der Waals surface area contributed by atoms with Crippen molar-refractivity contribution < 1.29 is 20.1 Å². The second-order valence-corrected chi connectivity index (χ2v) is 2.65. The molecule has 10 heavy (non-hydrogen) atoms. The standard InChI is InChI=1S/C6H11O4/c1-6(9)3-10-4(2-7)5(6)8/h3-5,7-9H,2H2,1H3/t4-,5-,6-/m1/s1. The quantitative estimate of drug-likeness (QED) is 0.429. The van der Waals surface area contributed by atoms with Crippen LogP contribution < -0.4 is 0 Å². The van der Waals surface area contributed by atoms with E-state index in [1.165, 1.54) is 6.92 Å². The highest BCUT2D eigenvalue weighted by atomic mass is 16.5. The largest absolute Gasteiger partial charge is 0.394 e. The molecule has 1 fully saturated rings. The van der Waals surface area contributed by atoms with E-state index in [0.29, 0.717) is 0 Å².